The Hall–Kier alpha value is -1.60. The minimum atomic E-state index is -3.60. The Labute approximate surface area is 136 Å². The zero-order valence-electron chi connectivity index (χ0n) is 13.4. The molecule has 0 atom stereocenters. The molecule has 0 unspecified atom stereocenters. The maximum Gasteiger partial charge on any atom is 0.306 e. The van der Waals surface area contributed by atoms with Gasteiger partial charge in [0.25, 0.3) is 0 Å². The first kappa shape index (κ1) is 17.7. The number of hydrogen-bond acceptors (Lipinski definition) is 4. The van der Waals surface area contributed by atoms with Crippen molar-refractivity contribution in [3.05, 3.63) is 23.8 Å². The smallest absolute Gasteiger partial charge is 0.306 e. The van der Waals surface area contributed by atoms with Gasteiger partial charge < -0.3 is 9.84 Å². The number of benzene rings is 1. The first-order valence-corrected chi connectivity index (χ1v) is 9.30. The van der Waals surface area contributed by atoms with Gasteiger partial charge in [0, 0.05) is 6.04 Å². The van der Waals surface area contributed by atoms with Crippen molar-refractivity contribution < 1.29 is 23.1 Å². The predicted octanol–water partition coefficient (Wildman–Crippen LogP) is 2.32. The molecule has 1 fully saturated rings. The standard InChI is InChI=1S/C16H23NO5S/c1-3-22-15-9-8-14(10-11(15)2)23(20,21)17-13-6-4-12(5-7-13)16(18)19/h8-10,12-13,17H,3-7H2,1-2H3,(H,18,19)/t12-,13-. The van der Waals surface area contributed by atoms with Gasteiger partial charge in [0.2, 0.25) is 10.0 Å². The van der Waals surface area contributed by atoms with Gasteiger partial charge in [-0.05, 0) is 63.3 Å². The third-order valence-electron chi connectivity index (χ3n) is 4.15. The molecule has 1 aliphatic carbocycles. The summed E-state index contributed by atoms with van der Waals surface area (Å²) in [5.41, 5.74) is 0.768. The Morgan fingerprint density at radius 3 is 2.48 bits per heavy atom. The lowest BCUT2D eigenvalue weighted by molar-refractivity contribution is -0.142. The van der Waals surface area contributed by atoms with Crippen LogP contribution < -0.4 is 9.46 Å². The van der Waals surface area contributed by atoms with Crippen LogP contribution in [-0.4, -0.2) is 32.1 Å². The van der Waals surface area contributed by atoms with E-state index in [2.05, 4.69) is 4.72 Å². The Morgan fingerprint density at radius 1 is 1.30 bits per heavy atom. The van der Waals surface area contributed by atoms with Gasteiger partial charge >= 0.3 is 5.97 Å². The highest BCUT2D eigenvalue weighted by atomic mass is 32.2. The molecule has 0 aliphatic heterocycles. The van der Waals surface area contributed by atoms with Crippen LogP contribution in [0.15, 0.2) is 23.1 Å². The van der Waals surface area contributed by atoms with Gasteiger partial charge in [-0.25, -0.2) is 13.1 Å². The Balaban J connectivity index is 2.05. The lowest BCUT2D eigenvalue weighted by Crippen LogP contribution is -2.38. The van der Waals surface area contributed by atoms with Crippen molar-refractivity contribution in [2.75, 3.05) is 6.61 Å². The summed E-state index contributed by atoms with van der Waals surface area (Å²) in [4.78, 5) is 11.1. The molecule has 23 heavy (non-hydrogen) atoms. The number of aliphatic carboxylic acids is 1. The van der Waals surface area contributed by atoms with Gasteiger partial charge in [-0.3, -0.25) is 4.79 Å². The van der Waals surface area contributed by atoms with Gasteiger partial charge in [-0.2, -0.15) is 0 Å². The molecule has 1 aliphatic rings. The molecule has 0 amide bonds. The number of nitrogens with one attached hydrogen (secondary N) is 1. The van der Waals surface area contributed by atoms with Crippen LogP contribution in [0.3, 0.4) is 0 Å². The fraction of sp³-hybridized carbons (Fsp3) is 0.562. The molecule has 0 radical (unpaired) electrons. The van der Waals surface area contributed by atoms with Crippen LogP contribution in [0.5, 0.6) is 5.75 Å². The molecule has 1 aromatic rings. The Morgan fingerprint density at radius 2 is 1.96 bits per heavy atom. The van der Waals surface area contributed by atoms with Crippen molar-refractivity contribution in [2.24, 2.45) is 5.92 Å². The van der Waals surface area contributed by atoms with Gasteiger partial charge in [-0.1, -0.05) is 0 Å². The molecule has 6 nitrogen and oxygen atoms in total. The highest BCUT2D eigenvalue weighted by Gasteiger charge is 2.29. The minimum Gasteiger partial charge on any atom is -0.494 e. The fourth-order valence-corrected chi connectivity index (χ4v) is 4.24. The molecule has 0 spiro atoms. The van der Waals surface area contributed by atoms with Crippen molar-refractivity contribution in [1.82, 2.24) is 4.72 Å². The second-order valence-electron chi connectivity index (χ2n) is 5.87. The highest BCUT2D eigenvalue weighted by molar-refractivity contribution is 7.89. The van der Waals surface area contributed by atoms with Crippen molar-refractivity contribution in [1.29, 1.82) is 0 Å². The predicted molar refractivity (Wildman–Crippen MR) is 86.1 cm³/mol. The van der Waals surface area contributed by atoms with E-state index in [0.29, 0.717) is 38.0 Å². The third kappa shape index (κ3) is 4.45. The molecule has 0 bridgehead atoms. The van der Waals surface area contributed by atoms with E-state index in [-0.39, 0.29) is 16.9 Å². The molecule has 1 aromatic carbocycles. The Kier molecular flexibility index (Phi) is 5.64. The topological polar surface area (TPSA) is 92.7 Å². The summed E-state index contributed by atoms with van der Waals surface area (Å²) in [6.45, 7) is 4.21. The van der Waals surface area contributed by atoms with Gasteiger partial charge in [-0.15, -0.1) is 0 Å². The van der Waals surface area contributed by atoms with Crippen LogP contribution in [0.1, 0.15) is 38.2 Å². The molecule has 2 N–H and O–H groups in total. The maximum absolute atomic E-state index is 12.5. The number of ether oxygens (including phenoxy) is 1. The summed E-state index contributed by atoms with van der Waals surface area (Å²) in [6, 6.07) is 4.58. The number of carboxylic acid groups (broad SMARTS) is 1. The molecular weight excluding hydrogens is 318 g/mol. The van der Waals surface area contributed by atoms with E-state index in [1.165, 1.54) is 6.07 Å². The molecular formula is C16H23NO5S. The lowest BCUT2D eigenvalue weighted by Gasteiger charge is -2.26. The third-order valence-corrected chi connectivity index (χ3v) is 5.67. The van der Waals surface area contributed by atoms with Crippen molar-refractivity contribution in [2.45, 2.75) is 50.5 Å². The van der Waals surface area contributed by atoms with E-state index in [1.54, 1.807) is 12.1 Å². The zero-order valence-corrected chi connectivity index (χ0v) is 14.2. The van der Waals surface area contributed by atoms with Crippen LogP contribution in [0.4, 0.5) is 0 Å². The highest BCUT2D eigenvalue weighted by Crippen LogP contribution is 2.27. The Bertz CT molecular complexity index is 663. The van der Waals surface area contributed by atoms with Crippen LogP contribution >= 0.6 is 0 Å². The van der Waals surface area contributed by atoms with Crippen LogP contribution in [-0.2, 0) is 14.8 Å². The van der Waals surface area contributed by atoms with E-state index in [9.17, 15) is 13.2 Å². The molecule has 7 heteroatoms. The average Bonchev–Trinajstić information content (AvgIpc) is 2.49. The van der Waals surface area contributed by atoms with Crippen molar-refractivity contribution >= 4 is 16.0 Å². The molecule has 2 rings (SSSR count). The maximum atomic E-state index is 12.5. The number of aryl methyl sites for hydroxylation is 1. The molecule has 1 saturated carbocycles. The van der Waals surface area contributed by atoms with Gasteiger partial charge in [0.15, 0.2) is 0 Å². The molecule has 128 valence electrons. The number of carbonyl (C=O) groups is 1. The van der Waals surface area contributed by atoms with Gasteiger partial charge in [0.05, 0.1) is 17.4 Å². The van der Waals surface area contributed by atoms with Crippen LogP contribution in [0, 0.1) is 12.8 Å². The van der Waals surface area contributed by atoms with Gasteiger partial charge in [0.1, 0.15) is 5.75 Å². The number of hydrogen-bond donors (Lipinski definition) is 2. The SMILES string of the molecule is CCOc1ccc(S(=O)(=O)N[C@H]2CC[C@H](C(=O)O)CC2)cc1C. The zero-order chi connectivity index (χ0) is 17.0. The van der Waals surface area contributed by atoms with E-state index in [4.69, 9.17) is 9.84 Å². The number of sulfonamides is 1. The van der Waals surface area contributed by atoms with E-state index in [0.717, 1.165) is 5.56 Å². The molecule has 0 heterocycles. The summed E-state index contributed by atoms with van der Waals surface area (Å²) in [5, 5.41) is 8.98. The summed E-state index contributed by atoms with van der Waals surface area (Å²) in [5.74, 6) is -0.481. The average molecular weight is 341 g/mol. The molecule has 0 saturated heterocycles. The normalized spacial score (nSPS) is 21.8. The summed E-state index contributed by atoms with van der Waals surface area (Å²) in [6.07, 6.45) is 2.11. The quantitative estimate of drug-likeness (QED) is 0.828. The summed E-state index contributed by atoms with van der Waals surface area (Å²) < 4.78 is 33.0. The minimum absolute atomic E-state index is 0.206. The molecule has 0 aromatic heterocycles. The second kappa shape index (κ2) is 7.31. The largest absolute Gasteiger partial charge is 0.494 e. The van der Waals surface area contributed by atoms with E-state index < -0.39 is 16.0 Å². The van der Waals surface area contributed by atoms with Crippen LogP contribution in [0.2, 0.25) is 0 Å². The first-order valence-electron chi connectivity index (χ1n) is 7.82. The van der Waals surface area contributed by atoms with Crippen molar-refractivity contribution in [3.8, 4) is 5.75 Å². The monoisotopic (exact) mass is 341 g/mol. The van der Waals surface area contributed by atoms with E-state index >= 15 is 0 Å². The van der Waals surface area contributed by atoms with Crippen LogP contribution in [0.25, 0.3) is 0 Å². The second-order valence-corrected chi connectivity index (χ2v) is 7.58. The van der Waals surface area contributed by atoms with Crippen molar-refractivity contribution in [3.63, 3.8) is 0 Å². The fourth-order valence-electron chi connectivity index (χ4n) is 2.85. The lowest BCUT2D eigenvalue weighted by atomic mass is 9.87. The summed E-state index contributed by atoms with van der Waals surface area (Å²) in [7, 11) is -3.60. The van der Waals surface area contributed by atoms with E-state index in [1.807, 2.05) is 13.8 Å². The summed E-state index contributed by atoms with van der Waals surface area (Å²) >= 11 is 0. The number of rotatable bonds is 6. The first-order chi connectivity index (χ1) is 10.8. The number of carboxylic acids is 1.